The van der Waals surface area contributed by atoms with Crippen LogP contribution in [0.2, 0.25) is 0 Å². The van der Waals surface area contributed by atoms with Crippen molar-refractivity contribution < 1.29 is 5.11 Å². The van der Waals surface area contributed by atoms with Crippen molar-refractivity contribution in [3.8, 4) is 11.6 Å². The molecule has 1 aromatic heterocycles. The number of para-hydroxylation sites is 1. The first-order chi connectivity index (χ1) is 9.63. The number of aromatic hydroxyl groups is 1. The minimum absolute atomic E-state index is 0.193. The molecule has 0 saturated carbocycles. The van der Waals surface area contributed by atoms with Gasteiger partial charge in [0.1, 0.15) is 0 Å². The lowest BCUT2D eigenvalue weighted by molar-refractivity contribution is 0.441. The van der Waals surface area contributed by atoms with Crippen molar-refractivity contribution >= 4 is 0 Å². The summed E-state index contributed by atoms with van der Waals surface area (Å²) in [7, 11) is 0. The molecule has 0 fully saturated rings. The number of hydrogen-bond acceptors (Lipinski definition) is 2. The molecule has 0 bridgehead atoms. The second kappa shape index (κ2) is 6.60. The van der Waals surface area contributed by atoms with Crippen LogP contribution in [0.5, 0.6) is 5.88 Å². The molecule has 0 radical (unpaired) electrons. The maximum atomic E-state index is 10.2. The van der Waals surface area contributed by atoms with E-state index in [9.17, 15) is 5.11 Å². The largest absolute Gasteiger partial charge is 0.492 e. The summed E-state index contributed by atoms with van der Waals surface area (Å²) in [6, 6.07) is 10.0. The van der Waals surface area contributed by atoms with E-state index < -0.39 is 0 Å². The maximum Gasteiger partial charge on any atom is 0.234 e. The van der Waals surface area contributed by atoms with E-state index >= 15 is 0 Å². The van der Waals surface area contributed by atoms with Gasteiger partial charge >= 0.3 is 0 Å². The SMILES string of the molecule is CCCCc1c(O)nn(-c2ccccc2)c1CC(C)C. The molecular weight excluding hydrogens is 248 g/mol. The van der Waals surface area contributed by atoms with Crippen molar-refractivity contribution in [2.75, 3.05) is 0 Å². The van der Waals surface area contributed by atoms with Gasteiger partial charge in [-0.05, 0) is 37.3 Å². The molecule has 1 aromatic carbocycles. The number of rotatable bonds is 6. The molecule has 0 unspecified atom stereocenters. The summed E-state index contributed by atoms with van der Waals surface area (Å²) in [5.41, 5.74) is 3.18. The van der Waals surface area contributed by atoms with Crippen LogP contribution in [0.1, 0.15) is 44.9 Å². The fraction of sp³-hybridized carbons (Fsp3) is 0.471. The van der Waals surface area contributed by atoms with Crippen molar-refractivity contribution in [2.24, 2.45) is 5.92 Å². The van der Waals surface area contributed by atoms with E-state index in [0.717, 1.165) is 42.6 Å². The zero-order valence-electron chi connectivity index (χ0n) is 12.6. The predicted molar refractivity (Wildman–Crippen MR) is 82.4 cm³/mol. The number of nitrogens with zero attached hydrogens (tertiary/aromatic N) is 2. The van der Waals surface area contributed by atoms with Crippen molar-refractivity contribution in [3.63, 3.8) is 0 Å². The molecule has 2 aromatic rings. The molecule has 1 heterocycles. The third-order valence-electron chi connectivity index (χ3n) is 3.45. The van der Waals surface area contributed by atoms with Crippen LogP contribution in [0.3, 0.4) is 0 Å². The first-order valence-electron chi connectivity index (χ1n) is 7.48. The molecule has 0 spiro atoms. The first kappa shape index (κ1) is 14.6. The Morgan fingerprint density at radius 2 is 1.90 bits per heavy atom. The quantitative estimate of drug-likeness (QED) is 0.859. The summed E-state index contributed by atoms with van der Waals surface area (Å²) in [6.07, 6.45) is 4.04. The molecule has 3 heteroatoms. The average molecular weight is 272 g/mol. The summed E-state index contributed by atoms with van der Waals surface area (Å²) >= 11 is 0. The molecule has 0 amide bonds. The first-order valence-corrected chi connectivity index (χ1v) is 7.48. The standard InChI is InChI=1S/C17H24N2O/c1-4-5-11-15-16(12-13(2)3)19(18-17(15)20)14-9-7-6-8-10-14/h6-10,13H,4-5,11-12H2,1-3H3,(H,18,20). The summed E-state index contributed by atoms with van der Waals surface area (Å²) < 4.78 is 1.90. The van der Waals surface area contributed by atoms with Gasteiger partial charge in [0.05, 0.1) is 11.4 Å². The zero-order chi connectivity index (χ0) is 14.5. The Morgan fingerprint density at radius 3 is 2.50 bits per heavy atom. The normalized spacial score (nSPS) is 11.2. The van der Waals surface area contributed by atoms with Crippen LogP contribution in [0, 0.1) is 5.92 Å². The molecule has 0 atom stereocenters. The lowest BCUT2D eigenvalue weighted by Gasteiger charge is -2.11. The summed E-state index contributed by atoms with van der Waals surface area (Å²) in [4.78, 5) is 0. The highest BCUT2D eigenvalue weighted by Gasteiger charge is 2.18. The molecular formula is C17H24N2O. The second-order valence-corrected chi connectivity index (χ2v) is 5.70. The van der Waals surface area contributed by atoms with E-state index in [0.29, 0.717) is 5.92 Å². The molecule has 0 aliphatic carbocycles. The highest BCUT2D eigenvalue weighted by Crippen LogP contribution is 2.27. The van der Waals surface area contributed by atoms with Crippen LogP contribution in [0.15, 0.2) is 30.3 Å². The third kappa shape index (κ3) is 3.21. The van der Waals surface area contributed by atoms with Gasteiger partial charge in [-0.3, -0.25) is 0 Å². The van der Waals surface area contributed by atoms with E-state index in [2.05, 4.69) is 25.9 Å². The van der Waals surface area contributed by atoms with Crippen LogP contribution < -0.4 is 0 Å². The van der Waals surface area contributed by atoms with Gasteiger partial charge < -0.3 is 5.11 Å². The van der Waals surface area contributed by atoms with E-state index in [1.54, 1.807) is 0 Å². The number of unbranched alkanes of at least 4 members (excludes halogenated alkanes) is 1. The Kier molecular flexibility index (Phi) is 4.83. The number of hydrogen-bond donors (Lipinski definition) is 1. The average Bonchev–Trinajstić information content (AvgIpc) is 2.73. The Morgan fingerprint density at radius 1 is 1.20 bits per heavy atom. The van der Waals surface area contributed by atoms with Crippen molar-refractivity contribution in [2.45, 2.75) is 46.5 Å². The van der Waals surface area contributed by atoms with Crippen molar-refractivity contribution in [1.29, 1.82) is 0 Å². The van der Waals surface area contributed by atoms with E-state index in [1.165, 1.54) is 0 Å². The second-order valence-electron chi connectivity index (χ2n) is 5.70. The van der Waals surface area contributed by atoms with E-state index in [4.69, 9.17) is 0 Å². The molecule has 2 rings (SSSR count). The van der Waals surface area contributed by atoms with Gasteiger partial charge in [-0.2, -0.15) is 0 Å². The minimum Gasteiger partial charge on any atom is -0.492 e. The molecule has 0 aliphatic rings. The van der Waals surface area contributed by atoms with Gasteiger partial charge in [0.15, 0.2) is 0 Å². The summed E-state index contributed by atoms with van der Waals surface area (Å²) in [6.45, 7) is 6.56. The highest BCUT2D eigenvalue weighted by atomic mass is 16.3. The maximum absolute atomic E-state index is 10.2. The molecule has 3 nitrogen and oxygen atoms in total. The Hall–Kier alpha value is -1.77. The van der Waals surface area contributed by atoms with E-state index in [-0.39, 0.29) is 5.88 Å². The third-order valence-corrected chi connectivity index (χ3v) is 3.45. The van der Waals surface area contributed by atoms with Crippen LogP contribution in [0.4, 0.5) is 0 Å². The fourth-order valence-corrected chi connectivity index (χ4v) is 2.46. The molecule has 0 aliphatic heterocycles. The Labute approximate surface area is 121 Å². The molecule has 1 N–H and O–H groups in total. The van der Waals surface area contributed by atoms with Gasteiger partial charge in [-0.25, -0.2) is 4.68 Å². The van der Waals surface area contributed by atoms with Gasteiger partial charge in [0.25, 0.3) is 0 Å². The lowest BCUT2D eigenvalue weighted by Crippen LogP contribution is -2.07. The topological polar surface area (TPSA) is 38.1 Å². The van der Waals surface area contributed by atoms with E-state index in [1.807, 2.05) is 35.0 Å². The monoisotopic (exact) mass is 272 g/mol. The fourth-order valence-electron chi connectivity index (χ4n) is 2.46. The van der Waals surface area contributed by atoms with Crippen LogP contribution in [-0.4, -0.2) is 14.9 Å². The zero-order valence-corrected chi connectivity index (χ0v) is 12.6. The molecule has 20 heavy (non-hydrogen) atoms. The van der Waals surface area contributed by atoms with Crippen molar-refractivity contribution in [1.82, 2.24) is 9.78 Å². The Bertz CT molecular complexity index is 544. The summed E-state index contributed by atoms with van der Waals surface area (Å²) in [5, 5.41) is 14.5. The van der Waals surface area contributed by atoms with Gasteiger partial charge in [-0.15, -0.1) is 5.10 Å². The molecule has 108 valence electrons. The minimum atomic E-state index is 0.193. The van der Waals surface area contributed by atoms with Gasteiger partial charge in [0, 0.05) is 5.56 Å². The van der Waals surface area contributed by atoms with Gasteiger partial charge in [0.2, 0.25) is 5.88 Å². The van der Waals surface area contributed by atoms with Crippen LogP contribution in [0.25, 0.3) is 5.69 Å². The number of aromatic nitrogens is 2. The van der Waals surface area contributed by atoms with Gasteiger partial charge in [-0.1, -0.05) is 45.4 Å². The molecule has 0 saturated heterocycles. The summed E-state index contributed by atoms with van der Waals surface area (Å²) in [5.74, 6) is 0.729. The predicted octanol–water partition coefficient (Wildman–Crippen LogP) is 4.12. The van der Waals surface area contributed by atoms with Crippen LogP contribution >= 0.6 is 0 Å². The lowest BCUT2D eigenvalue weighted by atomic mass is 10.0. The Balaban J connectivity index is 2.45. The smallest absolute Gasteiger partial charge is 0.234 e. The highest BCUT2D eigenvalue weighted by molar-refractivity contribution is 5.40. The number of benzene rings is 1. The van der Waals surface area contributed by atoms with Crippen molar-refractivity contribution in [3.05, 3.63) is 41.6 Å². The van der Waals surface area contributed by atoms with Crippen LogP contribution in [-0.2, 0) is 12.8 Å².